The molecule has 18 heavy (non-hydrogen) atoms. The van der Waals surface area contributed by atoms with Crippen molar-refractivity contribution in [2.24, 2.45) is 11.8 Å². The fourth-order valence-electron chi connectivity index (χ4n) is 2.37. The SMILES string of the molecule is O=C(NCC1CCCC1C(=O)O)c1sccc1Br. The zero-order valence-electron chi connectivity index (χ0n) is 9.69. The maximum Gasteiger partial charge on any atom is 0.306 e. The smallest absolute Gasteiger partial charge is 0.306 e. The van der Waals surface area contributed by atoms with Crippen LogP contribution in [0.4, 0.5) is 0 Å². The highest BCUT2D eigenvalue weighted by Crippen LogP contribution is 2.31. The lowest BCUT2D eigenvalue weighted by Crippen LogP contribution is -2.32. The van der Waals surface area contributed by atoms with Crippen LogP contribution in [0.15, 0.2) is 15.9 Å². The topological polar surface area (TPSA) is 66.4 Å². The predicted octanol–water partition coefficient (Wildman–Crippen LogP) is 2.74. The van der Waals surface area contributed by atoms with Crippen molar-refractivity contribution in [1.82, 2.24) is 5.32 Å². The van der Waals surface area contributed by atoms with Gasteiger partial charge in [-0.1, -0.05) is 6.42 Å². The van der Waals surface area contributed by atoms with Crippen molar-refractivity contribution >= 4 is 39.1 Å². The second kappa shape index (κ2) is 5.84. The van der Waals surface area contributed by atoms with Gasteiger partial charge in [0.1, 0.15) is 4.88 Å². The van der Waals surface area contributed by atoms with Crippen molar-refractivity contribution in [2.45, 2.75) is 19.3 Å². The molecule has 0 aliphatic heterocycles. The summed E-state index contributed by atoms with van der Waals surface area (Å²) < 4.78 is 0.784. The fourth-order valence-corrected chi connectivity index (χ4v) is 3.83. The summed E-state index contributed by atoms with van der Waals surface area (Å²) in [6, 6.07) is 1.83. The first-order valence-electron chi connectivity index (χ1n) is 5.83. The van der Waals surface area contributed by atoms with Gasteiger partial charge in [0.15, 0.2) is 0 Å². The van der Waals surface area contributed by atoms with Crippen LogP contribution in [0.1, 0.15) is 28.9 Å². The minimum absolute atomic E-state index is 0.0604. The van der Waals surface area contributed by atoms with Crippen molar-refractivity contribution in [3.05, 3.63) is 20.8 Å². The van der Waals surface area contributed by atoms with E-state index in [4.69, 9.17) is 5.11 Å². The molecule has 1 aliphatic rings. The van der Waals surface area contributed by atoms with E-state index in [9.17, 15) is 9.59 Å². The molecule has 1 aromatic rings. The van der Waals surface area contributed by atoms with Crippen molar-refractivity contribution < 1.29 is 14.7 Å². The maximum absolute atomic E-state index is 11.9. The summed E-state index contributed by atoms with van der Waals surface area (Å²) in [7, 11) is 0. The normalized spacial score (nSPS) is 22.9. The second-order valence-electron chi connectivity index (χ2n) is 4.44. The molecule has 4 nitrogen and oxygen atoms in total. The first kappa shape index (κ1) is 13.5. The van der Waals surface area contributed by atoms with Crippen LogP contribution in [0.3, 0.4) is 0 Å². The van der Waals surface area contributed by atoms with E-state index in [1.807, 2.05) is 11.4 Å². The summed E-state index contributed by atoms with van der Waals surface area (Å²) in [5, 5.41) is 13.7. The van der Waals surface area contributed by atoms with E-state index in [1.54, 1.807) is 0 Å². The van der Waals surface area contributed by atoms with Gasteiger partial charge in [0.2, 0.25) is 0 Å². The van der Waals surface area contributed by atoms with Crippen LogP contribution in [0.25, 0.3) is 0 Å². The molecule has 2 unspecified atom stereocenters. The Hall–Kier alpha value is -0.880. The highest BCUT2D eigenvalue weighted by Gasteiger charge is 2.33. The summed E-state index contributed by atoms with van der Waals surface area (Å²) >= 11 is 4.68. The molecule has 0 bridgehead atoms. The van der Waals surface area contributed by atoms with Gasteiger partial charge in [0, 0.05) is 11.0 Å². The van der Waals surface area contributed by atoms with E-state index in [-0.39, 0.29) is 17.7 Å². The van der Waals surface area contributed by atoms with E-state index >= 15 is 0 Å². The third-order valence-corrected chi connectivity index (χ3v) is 5.16. The van der Waals surface area contributed by atoms with Gasteiger partial charge < -0.3 is 10.4 Å². The molecule has 1 heterocycles. The Morgan fingerprint density at radius 1 is 1.50 bits per heavy atom. The average Bonchev–Trinajstić information content (AvgIpc) is 2.94. The number of carbonyl (C=O) groups excluding carboxylic acids is 1. The number of nitrogens with one attached hydrogen (secondary N) is 1. The highest BCUT2D eigenvalue weighted by molar-refractivity contribution is 9.10. The van der Waals surface area contributed by atoms with Crippen molar-refractivity contribution in [3.63, 3.8) is 0 Å². The summed E-state index contributed by atoms with van der Waals surface area (Å²) in [5.74, 6) is -1.13. The largest absolute Gasteiger partial charge is 0.481 e. The molecule has 1 aromatic heterocycles. The van der Waals surface area contributed by atoms with Gasteiger partial charge in [-0.25, -0.2) is 0 Å². The summed E-state index contributed by atoms with van der Waals surface area (Å²) in [6.07, 6.45) is 2.53. The van der Waals surface area contributed by atoms with Gasteiger partial charge in [-0.15, -0.1) is 11.3 Å². The zero-order valence-corrected chi connectivity index (χ0v) is 12.1. The minimum Gasteiger partial charge on any atom is -0.481 e. The van der Waals surface area contributed by atoms with Gasteiger partial charge >= 0.3 is 5.97 Å². The monoisotopic (exact) mass is 331 g/mol. The Morgan fingerprint density at radius 3 is 2.89 bits per heavy atom. The van der Waals surface area contributed by atoms with Crippen molar-refractivity contribution in [3.8, 4) is 0 Å². The zero-order chi connectivity index (χ0) is 13.1. The molecule has 2 rings (SSSR count). The first-order valence-corrected chi connectivity index (χ1v) is 7.51. The molecule has 0 saturated heterocycles. The molecule has 98 valence electrons. The Labute approximate surface area is 118 Å². The van der Waals surface area contributed by atoms with E-state index in [1.165, 1.54) is 11.3 Å². The predicted molar refractivity (Wildman–Crippen MR) is 72.8 cm³/mol. The maximum atomic E-state index is 11.9. The lowest BCUT2D eigenvalue weighted by atomic mass is 9.96. The Morgan fingerprint density at radius 2 is 2.28 bits per heavy atom. The van der Waals surface area contributed by atoms with E-state index in [0.29, 0.717) is 11.4 Å². The number of halogens is 1. The van der Waals surface area contributed by atoms with E-state index in [2.05, 4.69) is 21.2 Å². The molecule has 1 amide bonds. The molecular weight excluding hydrogens is 318 g/mol. The average molecular weight is 332 g/mol. The summed E-state index contributed by atoms with van der Waals surface area (Å²) in [5.41, 5.74) is 0. The molecule has 1 fully saturated rings. The lowest BCUT2D eigenvalue weighted by Gasteiger charge is -2.16. The number of carboxylic acid groups (broad SMARTS) is 1. The van der Waals surface area contributed by atoms with Crippen molar-refractivity contribution in [1.29, 1.82) is 0 Å². The Balaban J connectivity index is 1.90. The second-order valence-corrected chi connectivity index (χ2v) is 6.21. The number of rotatable bonds is 4. The number of thiophene rings is 1. The molecule has 1 aliphatic carbocycles. The number of aliphatic carboxylic acids is 1. The Kier molecular flexibility index (Phi) is 4.40. The first-order chi connectivity index (χ1) is 8.59. The molecule has 2 N–H and O–H groups in total. The molecule has 0 spiro atoms. The van der Waals surface area contributed by atoms with Gasteiger partial charge in [-0.05, 0) is 46.1 Å². The lowest BCUT2D eigenvalue weighted by molar-refractivity contribution is -0.142. The molecule has 6 heteroatoms. The number of hydrogen-bond donors (Lipinski definition) is 2. The molecule has 2 atom stereocenters. The van der Waals surface area contributed by atoms with Gasteiger partial charge in [-0.2, -0.15) is 0 Å². The Bertz CT molecular complexity index is 460. The molecule has 1 saturated carbocycles. The van der Waals surface area contributed by atoms with Crippen LogP contribution in [-0.4, -0.2) is 23.5 Å². The van der Waals surface area contributed by atoms with Crippen LogP contribution in [0, 0.1) is 11.8 Å². The van der Waals surface area contributed by atoms with Gasteiger partial charge in [-0.3, -0.25) is 9.59 Å². The van der Waals surface area contributed by atoms with Crippen LogP contribution in [-0.2, 0) is 4.79 Å². The summed E-state index contributed by atoms with van der Waals surface area (Å²) in [6.45, 7) is 0.445. The number of amides is 1. The number of hydrogen-bond acceptors (Lipinski definition) is 3. The molecule has 0 aromatic carbocycles. The molecular formula is C12H14BrNO3S. The molecule has 0 radical (unpaired) electrons. The van der Waals surface area contributed by atoms with Crippen LogP contribution in [0.2, 0.25) is 0 Å². The minimum atomic E-state index is -0.746. The number of carbonyl (C=O) groups is 2. The summed E-state index contributed by atoms with van der Waals surface area (Å²) in [4.78, 5) is 23.5. The quantitative estimate of drug-likeness (QED) is 0.891. The number of carboxylic acids is 1. The fraction of sp³-hybridized carbons (Fsp3) is 0.500. The highest BCUT2D eigenvalue weighted by atomic mass is 79.9. The van der Waals surface area contributed by atoms with E-state index in [0.717, 1.165) is 23.7 Å². The van der Waals surface area contributed by atoms with Crippen molar-refractivity contribution in [2.75, 3.05) is 6.54 Å². The van der Waals surface area contributed by atoms with Crippen LogP contribution < -0.4 is 5.32 Å². The van der Waals surface area contributed by atoms with Gasteiger partial charge in [0.05, 0.1) is 5.92 Å². The van der Waals surface area contributed by atoms with Crippen LogP contribution >= 0.6 is 27.3 Å². The standard InChI is InChI=1S/C12H14BrNO3S/c13-9-4-5-18-10(9)11(15)14-6-7-2-1-3-8(7)12(16)17/h4-5,7-8H,1-3,6H2,(H,14,15)(H,16,17). The third-order valence-electron chi connectivity index (χ3n) is 3.32. The van der Waals surface area contributed by atoms with Crippen LogP contribution in [0.5, 0.6) is 0 Å². The third kappa shape index (κ3) is 2.92. The van der Waals surface area contributed by atoms with Gasteiger partial charge in [0.25, 0.3) is 5.91 Å². The van der Waals surface area contributed by atoms with E-state index < -0.39 is 5.97 Å².